The van der Waals surface area contributed by atoms with E-state index in [4.69, 9.17) is 14.5 Å². The van der Waals surface area contributed by atoms with Crippen LogP contribution in [0.15, 0.2) is 78.0 Å². The van der Waals surface area contributed by atoms with Crippen LogP contribution in [0.3, 0.4) is 0 Å². The number of ether oxygens (including phenoxy) is 2. The van der Waals surface area contributed by atoms with Crippen LogP contribution in [0.5, 0.6) is 11.5 Å². The minimum absolute atomic E-state index is 0.828. The van der Waals surface area contributed by atoms with Gasteiger partial charge in [0.1, 0.15) is 11.5 Å². The van der Waals surface area contributed by atoms with Crippen LogP contribution >= 0.6 is 11.8 Å². The number of nitrogens with one attached hydrogen (secondary N) is 1. The lowest BCUT2D eigenvalue weighted by Crippen LogP contribution is -1.87. The maximum absolute atomic E-state index is 5.30. The molecule has 0 saturated carbocycles. The average Bonchev–Trinajstić information content (AvgIpc) is 3.23. The van der Waals surface area contributed by atoms with Crippen LogP contribution < -0.4 is 9.47 Å². The summed E-state index contributed by atoms with van der Waals surface area (Å²) in [5.74, 6) is 2.52. The van der Waals surface area contributed by atoms with Crippen LogP contribution in [0.4, 0.5) is 0 Å². The second kappa shape index (κ2) is 9.09. The number of rotatable bonds is 7. The van der Waals surface area contributed by atoms with Gasteiger partial charge in [0, 0.05) is 16.9 Å². The van der Waals surface area contributed by atoms with Crippen LogP contribution in [0, 0.1) is 6.92 Å². The highest BCUT2D eigenvalue weighted by atomic mass is 32.2. The number of H-pyrrole nitrogens is 1. The van der Waals surface area contributed by atoms with E-state index in [0.29, 0.717) is 0 Å². The lowest BCUT2D eigenvalue weighted by atomic mass is 10.0. The third-order valence-electron chi connectivity index (χ3n) is 4.92. The molecule has 1 N–H and O–H groups in total. The van der Waals surface area contributed by atoms with Crippen molar-refractivity contribution in [1.29, 1.82) is 0 Å². The van der Waals surface area contributed by atoms with Gasteiger partial charge in [0.15, 0.2) is 5.16 Å². The molecule has 1 aromatic heterocycles. The molecule has 0 amide bonds. The summed E-state index contributed by atoms with van der Waals surface area (Å²) < 4.78 is 10.6. The van der Waals surface area contributed by atoms with Crippen molar-refractivity contribution in [2.45, 2.75) is 17.8 Å². The van der Waals surface area contributed by atoms with Gasteiger partial charge in [-0.1, -0.05) is 41.6 Å². The SMILES string of the molecule is COc1ccc(-c2nc(SCc3ccc(C)cc3)[nH]c2-c2ccc(OC)cc2)cc1. The Hall–Kier alpha value is -3.18. The van der Waals surface area contributed by atoms with Gasteiger partial charge in [0.25, 0.3) is 0 Å². The topological polar surface area (TPSA) is 47.1 Å². The number of nitrogens with zero attached hydrogens (tertiary/aromatic N) is 1. The van der Waals surface area contributed by atoms with E-state index in [2.05, 4.69) is 36.2 Å². The van der Waals surface area contributed by atoms with Crippen molar-refractivity contribution in [3.8, 4) is 34.0 Å². The first kappa shape index (κ1) is 20.1. The Bertz CT molecular complexity index is 1040. The molecule has 4 aromatic rings. The molecular weight excluding hydrogens is 392 g/mol. The molecule has 0 atom stereocenters. The Labute approximate surface area is 181 Å². The lowest BCUT2D eigenvalue weighted by molar-refractivity contribution is 0.414. The fourth-order valence-corrected chi connectivity index (χ4v) is 4.01. The second-order valence-electron chi connectivity index (χ2n) is 7.00. The number of aryl methyl sites for hydroxylation is 1. The Balaban J connectivity index is 1.67. The Morgan fingerprint density at radius 3 is 1.90 bits per heavy atom. The number of imidazole rings is 1. The number of thioether (sulfide) groups is 1. The summed E-state index contributed by atoms with van der Waals surface area (Å²) in [5.41, 5.74) is 6.57. The zero-order valence-electron chi connectivity index (χ0n) is 17.3. The van der Waals surface area contributed by atoms with Gasteiger partial charge >= 0.3 is 0 Å². The van der Waals surface area contributed by atoms with E-state index in [0.717, 1.165) is 44.9 Å². The molecule has 0 fully saturated rings. The average molecular weight is 417 g/mol. The zero-order valence-corrected chi connectivity index (χ0v) is 18.1. The minimum Gasteiger partial charge on any atom is -0.497 e. The lowest BCUT2D eigenvalue weighted by Gasteiger charge is -2.06. The maximum Gasteiger partial charge on any atom is 0.166 e. The Morgan fingerprint density at radius 1 is 0.767 bits per heavy atom. The molecule has 3 aromatic carbocycles. The van der Waals surface area contributed by atoms with Crippen molar-refractivity contribution >= 4 is 11.8 Å². The minimum atomic E-state index is 0.828. The number of aromatic amines is 1. The van der Waals surface area contributed by atoms with Crippen molar-refractivity contribution in [3.05, 3.63) is 83.9 Å². The Morgan fingerprint density at radius 2 is 1.33 bits per heavy atom. The summed E-state index contributed by atoms with van der Waals surface area (Å²) in [7, 11) is 3.35. The number of hydrogen-bond donors (Lipinski definition) is 1. The molecule has 0 saturated heterocycles. The van der Waals surface area contributed by atoms with Gasteiger partial charge in [-0.25, -0.2) is 4.98 Å². The van der Waals surface area contributed by atoms with Gasteiger partial charge in [0.05, 0.1) is 25.6 Å². The standard InChI is InChI=1S/C25H24N2O2S/c1-17-4-6-18(7-5-17)16-30-25-26-23(19-8-12-21(28-2)13-9-19)24(27-25)20-10-14-22(29-3)15-11-20/h4-15H,16H2,1-3H3,(H,26,27). The molecule has 0 spiro atoms. The van der Waals surface area contributed by atoms with Gasteiger partial charge in [0.2, 0.25) is 0 Å². The molecule has 0 unspecified atom stereocenters. The second-order valence-corrected chi connectivity index (χ2v) is 7.96. The highest BCUT2D eigenvalue weighted by Gasteiger charge is 2.15. The van der Waals surface area contributed by atoms with E-state index in [1.807, 2.05) is 48.5 Å². The molecule has 0 aliphatic heterocycles. The molecule has 0 radical (unpaired) electrons. The first-order valence-corrected chi connectivity index (χ1v) is 10.7. The zero-order chi connectivity index (χ0) is 20.9. The largest absolute Gasteiger partial charge is 0.497 e. The highest BCUT2D eigenvalue weighted by Crippen LogP contribution is 2.35. The van der Waals surface area contributed by atoms with E-state index in [-0.39, 0.29) is 0 Å². The van der Waals surface area contributed by atoms with Crippen LogP contribution in [-0.2, 0) is 5.75 Å². The van der Waals surface area contributed by atoms with E-state index in [9.17, 15) is 0 Å². The van der Waals surface area contributed by atoms with Crippen molar-refractivity contribution in [2.75, 3.05) is 14.2 Å². The molecule has 5 heteroatoms. The van der Waals surface area contributed by atoms with Gasteiger partial charge in [-0.15, -0.1) is 0 Å². The van der Waals surface area contributed by atoms with Crippen molar-refractivity contribution in [2.24, 2.45) is 0 Å². The molecule has 1 heterocycles. The predicted molar refractivity (Wildman–Crippen MR) is 123 cm³/mol. The number of benzene rings is 3. The van der Waals surface area contributed by atoms with Crippen LogP contribution in [0.25, 0.3) is 22.5 Å². The van der Waals surface area contributed by atoms with E-state index < -0.39 is 0 Å². The van der Waals surface area contributed by atoms with Gasteiger partial charge in [-0.05, 0) is 61.0 Å². The van der Waals surface area contributed by atoms with E-state index in [1.165, 1.54) is 11.1 Å². The molecule has 4 rings (SSSR count). The molecular formula is C25H24N2O2S. The molecule has 0 aliphatic carbocycles. The maximum atomic E-state index is 5.30. The monoisotopic (exact) mass is 416 g/mol. The predicted octanol–water partition coefficient (Wildman–Crippen LogP) is 6.36. The fourth-order valence-electron chi connectivity index (χ4n) is 3.18. The highest BCUT2D eigenvalue weighted by molar-refractivity contribution is 7.98. The fraction of sp³-hybridized carbons (Fsp3) is 0.160. The van der Waals surface area contributed by atoms with Crippen molar-refractivity contribution < 1.29 is 9.47 Å². The van der Waals surface area contributed by atoms with Gasteiger partial charge in [-0.2, -0.15) is 0 Å². The smallest absolute Gasteiger partial charge is 0.166 e. The van der Waals surface area contributed by atoms with Crippen LogP contribution in [-0.4, -0.2) is 24.2 Å². The molecule has 0 aliphatic rings. The molecule has 30 heavy (non-hydrogen) atoms. The summed E-state index contributed by atoms with van der Waals surface area (Å²) in [6.07, 6.45) is 0. The number of methoxy groups -OCH3 is 2. The quantitative estimate of drug-likeness (QED) is 0.356. The summed E-state index contributed by atoms with van der Waals surface area (Å²) in [6.45, 7) is 2.10. The molecule has 152 valence electrons. The van der Waals surface area contributed by atoms with Crippen LogP contribution in [0.1, 0.15) is 11.1 Å². The first-order chi connectivity index (χ1) is 14.7. The first-order valence-electron chi connectivity index (χ1n) is 9.73. The van der Waals surface area contributed by atoms with Gasteiger partial charge in [-0.3, -0.25) is 0 Å². The third kappa shape index (κ3) is 4.52. The number of hydrogen-bond acceptors (Lipinski definition) is 4. The summed E-state index contributed by atoms with van der Waals surface area (Å²) in [5, 5.41) is 0.896. The molecule has 4 nitrogen and oxygen atoms in total. The van der Waals surface area contributed by atoms with Gasteiger partial charge < -0.3 is 14.5 Å². The Kier molecular flexibility index (Phi) is 6.10. The summed E-state index contributed by atoms with van der Waals surface area (Å²) >= 11 is 1.70. The number of aromatic nitrogens is 2. The van der Waals surface area contributed by atoms with E-state index in [1.54, 1.807) is 26.0 Å². The van der Waals surface area contributed by atoms with E-state index >= 15 is 0 Å². The third-order valence-corrected chi connectivity index (χ3v) is 5.86. The summed E-state index contributed by atoms with van der Waals surface area (Å²) in [6, 6.07) is 24.6. The normalized spacial score (nSPS) is 10.8. The molecule has 0 bridgehead atoms. The van der Waals surface area contributed by atoms with Crippen molar-refractivity contribution in [3.63, 3.8) is 0 Å². The van der Waals surface area contributed by atoms with Crippen LogP contribution in [0.2, 0.25) is 0 Å². The summed E-state index contributed by atoms with van der Waals surface area (Å²) in [4.78, 5) is 8.45. The van der Waals surface area contributed by atoms with Crippen molar-refractivity contribution in [1.82, 2.24) is 9.97 Å².